The molecule has 2 nitrogen and oxygen atoms in total. The average Bonchev–Trinajstić information content (AvgIpc) is 3.64. The van der Waals surface area contributed by atoms with Crippen molar-refractivity contribution in [1.82, 2.24) is 0 Å². The van der Waals surface area contributed by atoms with Crippen molar-refractivity contribution in [2.45, 2.75) is 26.2 Å². The summed E-state index contributed by atoms with van der Waals surface area (Å²) in [6.45, 7) is 10.9. The van der Waals surface area contributed by atoms with Crippen molar-refractivity contribution in [3.8, 4) is 22.3 Å². The molecule has 0 atom stereocenters. The van der Waals surface area contributed by atoms with E-state index in [9.17, 15) is 0 Å². The second-order valence-corrected chi connectivity index (χ2v) is 18.2. The summed E-state index contributed by atoms with van der Waals surface area (Å²) < 4.78 is 1.27. The number of rotatable bonds is 7. The van der Waals surface area contributed by atoms with Crippen LogP contribution in [-0.4, -0.2) is 0 Å². The largest absolute Gasteiger partial charge is 0.310 e. The van der Waals surface area contributed by atoms with Gasteiger partial charge in [-0.15, -0.1) is 11.3 Å². The van der Waals surface area contributed by atoms with Gasteiger partial charge in [-0.2, -0.15) is 0 Å². The van der Waals surface area contributed by atoms with Gasteiger partial charge < -0.3 is 9.80 Å². The summed E-state index contributed by atoms with van der Waals surface area (Å²) in [4.78, 5) is 6.20. The molecule has 302 valence electrons. The van der Waals surface area contributed by atoms with E-state index in [1.807, 2.05) is 23.5 Å². The number of aryl methyl sites for hydroxylation is 1. The minimum atomic E-state index is -0.422. The lowest BCUT2D eigenvalue weighted by Crippen LogP contribution is -2.24. The molecule has 0 spiro atoms. The third-order valence-corrected chi connectivity index (χ3v) is 14.2. The van der Waals surface area contributed by atoms with Gasteiger partial charge in [-0.1, -0.05) is 148 Å². The topological polar surface area (TPSA) is 6.48 Å². The van der Waals surface area contributed by atoms with Gasteiger partial charge in [0.1, 0.15) is 0 Å². The molecule has 4 bridgehead atoms. The molecule has 10 aromatic rings. The number of anilines is 6. The van der Waals surface area contributed by atoms with Crippen LogP contribution in [0.5, 0.6) is 0 Å². The molecule has 63 heavy (non-hydrogen) atoms. The van der Waals surface area contributed by atoms with Gasteiger partial charge in [0.05, 0.1) is 11.4 Å². The molecule has 0 unspecified atom stereocenters. The predicted molar refractivity (Wildman–Crippen MR) is 273 cm³/mol. The van der Waals surface area contributed by atoms with Crippen molar-refractivity contribution in [3.05, 3.63) is 234 Å². The Bertz CT molecular complexity index is 3390. The Morgan fingerprint density at radius 3 is 2.03 bits per heavy atom. The number of hydrogen-bond donors (Lipinski definition) is 0. The van der Waals surface area contributed by atoms with Crippen molar-refractivity contribution in [2.75, 3.05) is 9.80 Å². The van der Waals surface area contributed by atoms with E-state index in [0.717, 1.165) is 34.1 Å². The molecular formula is C60H46N2S. The standard InChI is InChI=1S/C60H46N2S/c1-5-6-24-58-40(2)52-38-49(32-34-59(52)63-58)61(47-21-11-8-12-22-47)56-33-31-50-39-55(56)60(3,4)46-28-25-43-20-15-23-51(53(43)37-46)54-35-44-18-13-14-19-45(44)36-57(54)62(50)48-29-26-42(27-30-48)41-16-9-7-10-17-41/h5-39H,1H2,2-4H3/b24-6-. The maximum absolute atomic E-state index is 3.92. The summed E-state index contributed by atoms with van der Waals surface area (Å²) in [5.74, 6) is 0. The van der Waals surface area contributed by atoms with E-state index in [4.69, 9.17) is 0 Å². The molecule has 1 aliphatic rings. The lowest BCUT2D eigenvalue weighted by molar-refractivity contribution is 0.642. The van der Waals surface area contributed by atoms with Crippen LogP contribution in [0.25, 0.3) is 60.0 Å². The summed E-state index contributed by atoms with van der Waals surface area (Å²) >= 11 is 1.83. The number of allylic oxidation sites excluding steroid dienone is 2. The highest BCUT2D eigenvalue weighted by Crippen LogP contribution is 2.51. The minimum absolute atomic E-state index is 0.422. The Kier molecular flexibility index (Phi) is 9.44. The van der Waals surface area contributed by atoms with Gasteiger partial charge >= 0.3 is 0 Å². The second kappa shape index (κ2) is 15.5. The molecule has 0 N–H and O–H groups in total. The third-order valence-electron chi connectivity index (χ3n) is 13.0. The van der Waals surface area contributed by atoms with Crippen LogP contribution in [0.4, 0.5) is 34.1 Å². The maximum atomic E-state index is 3.92. The Morgan fingerprint density at radius 1 is 0.556 bits per heavy atom. The van der Waals surface area contributed by atoms with Gasteiger partial charge in [0, 0.05) is 43.3 Å². The fourth-order valence-electron chi connectivity index (χ4n) is 9.59. The molecule has 1 aromatic heterocycles. The third kappa shape index (κ3) is 6.64. The summed E-state index contributed by atoms with van der Waals surface area (Å²) in [7, 11) is 0. The molecule has 0 saturated carbocycles. The van der Waals surface area contributed by atoms with E-state index in [2.05, 4.69) is 237 Å². The fraction of sp³-hybridized carbons (Fsp3) is 0.0667. The van der Waals surface area contributed by atoms with Crippen LogP contribution in [-0.2, 0) is 5.41 Å². The number of nitrogens with zero attached hydrogens (tertiary/aromatic N) is 2. The molecule has 11 rings (SSSR count). The van der Waals surface area contributed by atoms with Crippen molar-refractivity contribution in [1.29, 1.82) is 0 Å². The first-order chi connectivity index (χ1) is 30.9. The number of para-hydroxylation sites is 1. The van der Waals surface area contributed by atoms with Crippen molar-refractivity contribution in [2.24, 2.45) is 0 Å². The number of hydrogen-bond acceptors (Lipinski definition) is 3. The van der Waals surface area contributed by atoms with Crippen LogP contribution in [0.2, 0.25) is 0 Å². The quantitative estimate of drug-likeness (QED) is 0.148. The van der Waals surface area contributed by atoms with Gasteiger partial charge in [-0.05, 0) is 152 Å². The van der Waals surface area contributed by atoms with E-state index in [1.54, 1.807) is 0 Å². The van der Waals surface area contributed by atoms with E-state index in [1.165, 1.54) is 75.5 Å². The molecular weight excluding hydrogens is 781 g/mol. The van der Waals surface area contributed by atoms with E-state index >= 15 is 0 Å². The lowest BCUT2D eigenvalue weighted by atomic mass is 9.76. The van der Waals surface area contributed by atoms with Gasteiger partial charge in [0.2, 0.25) is 0 Å². The first kappa shape index (κ1) is 38.5. The minimum Gasteiger partial charge on any atom is -0.310 e. The molecule has 1 aliphatic heterocycles. The molecule has 0 amide bonds. The molecule has 0 fully saturated rings. The normalized spacial score (nSPS) is 13.1. The van der Waals surface area contributed by atoms with Crippen LogP contribution in [0.3, 0.4) is 0 Å². The first-order valence-corrected chi connectivity index (χ1v) is 22.5. The van der Waals surface area contributed by atoms with Crippen LogP contribution >= 0.6 is 11.3 Å². The Morgan fingerprint density at radius 2 is 1.25 bits per heavy atom. The zero-order chi connectivity index (χ0) is 42.7. The van der Waals surface area contributed by atoms with Crippen LogP contribution in [0.15, 0.2) is 213 Å². The Hall–Kier alpha value is -7.46. The summed E-state index contributed by atoms with van der Waals surface area (Å²) in [6, 6.07) is 72.1. The molecule has 0 aliphatic carbocycles. The second-order valence-electron chi connectivity index (χ2n) is 17.1. The zero-order valence-electron chi connectivity index (χ0n) is 35.7. The van der Waals surface area contributed by atoms with Gasteiger partial charge in [0.25, 0.3) is 0 Å². The molecule has 3 heteroatoms. The van der Waals surface area contributed by atoms with E-state index in [-0.39, 0.29) is 0 Å². The van der Waals surface area contributed by atoms with Crippen molar-refractivity contribution >= 4 is 83.2 Å². The summed E-state index contributed by atoms with van der Waals surface area (Å²) in [5, 5.41) is 6.16. The Labute approximate surface area is 374 Å². The number of thiophene rings is 1. The molecule has 0 radical (unpaired) electrons. The van der Waals surface area contributed by atoms with E-state index < -0.39 is 5.41 Å². The lowest BCUT2D eigenvalue weighted by Gasteiger charge is -2.36. The average molecular weight is 827 g/mol. The summed E-state index contributed by atoms with van der Waals surface area (Å²) in [5.41, 5.74) is 14.9. The number of fused-ring (bicyclic) bond motifs is 7. The van der Waals surface area contributed by atoms with Gasteiger partial charge in [0.15, 0.2) is 0 Å². The van der Waals surface area contributed by atoms with Gasteiger partial charge in [-0.25, -0.2) is 0 Å². The van der Waals surface area contributed by atoms with Gasteiger partial charge in [-0.3, -0.25) is 0 Å². The highest BCUT2D eigenvalue weighted by atomic mass is 32.1. The van der Waals surface area contributed by atoms with Crippen molar-refractivity contribution in [3.63, 3.8) is 0 Å². The van der Waals surface area contributed by atoms with Crippen LogP contribution < -0.4 is 9.80 Å². The molecule has 2 heterocycles. The zero-order valence-corrected chi connectivity index (χ0v) is 36.5. The predicted octanol–water partition coefficient (Wildman–Crippen LogP) is 17.6. The van der Waals surface area contributed by atoms with Crippen LogP contribution in [0, 0.1) is 6.92 Å². The Balaban J connectivity index is 1.21. The highest BCUT2D eigenvalue weighted by Gasteiger charge is 2.32. The highest BCUT2D eigenvalue weighted by molar-refractivity contribution is 7.20. The van der Waals surface area contributed by atoms with Crippen molar-refractivity contribution < 1.29 is 0 Å². The fourth-order valence-corrected chi connectivity index (χ4v) is 10.7. The SMILES string of the molecule is C=C/C=C\c1sc2ccc(N(c3ccccc3)c3ccc4cc3C(C)(C)c3ccc5cccc(c5c3)-c3cc5ccccc5cc3N4c3ccc(-c4ccccc4)cc3)cc2c1C. The van der Waals surface area contributed by atoms with E-state index in [0.29, 0.717) is 0 Å². The molecule has 9 aromatic carbocycles. The molecule has 0 saturated heterocycles. The van der Waals surface area contributed by atoms with Crippen LogP contribution in [0.1, 0.15) is 35.4 Å². The first-order valence-electron chi connectivity index (χ1n) is 21.7. The number of benzene rings is 9. The smallest absolute Gasteiger partial charge is 0.0546 e. The summed E-state index contributed by atoms with van der Waals surface area (Å²) in [6.07, 6.45) is 6.04. The maximum Gasteiger partial charge on any atom is 0.0546 e. The monoisotopic (exact) mass is 826 g/mol.